The third-order valence-electron chi connectivity index (χ3n) is 4.31. The molecule has 0 radical (unpaired) electrons. The molecule has 1 saturated heterocycles. The molecule has 0 aromatic rings. The highest BCUT2D eigenvalue weighted by atomic mass is 16.5. The van der Waals surface area contributed by atoms with Gasteiger partial charge >= 0.3 is 0 Å². The predicted octanol–water partition coefficient (Wildman–Crippen LogP) is 3.36. The van der Waals surface area contributed by atoms with Crippen molar-refractivity contribution in [2.75, 3.05) is 6.54 Å². The highest BCUT2D eigenvalue weighted by Gasteiger charge is 2.34. The SMILES string of the molecule is CC1CC(OC2CCNC(C)C2)CC(C)(C)C1. The Bertz CT molecular complexity index is 251. The second kappa shape index (κ2) is 5.27. The van der Waals surface area contributed by atoms with Gasteiger partial charge in [-0.15, -0.1) is 0 Å². The third kappa shape index (κ3) is 3.96. The molecule has 100 valence electrons. The summed E-state index contributed by atoms with van der Waals surface area (Å²) in [7, 11) is 0. The summed E-state index contributed by atoms with van der Waals surface area (Å²) in [5, 5.41) is 3.49. The number of nitrogens with one attached hydrogen (secondary N) is 1. The molecule has 1 N–H and O–H groups in total. The van der Waals surface area contributed by atoms with Gasteiger partial charge in [-0.3, -0.25) is 0 Å². The smallest absolute Gasteiger partial charge is 0.0605 e. The van der Waals surface area contributed by atoms with Crippen LogP contribution >= 0.6 is 0 Å². The van der Waals surface area contributed by atoms with Crippen LogP contribution in [-0.2, 0) is 4.74 Å². The lowest BCUT2D eigenvalue weighted by Crippen LogP contribution is -2.42. The van der Waals surface area contributed by atoms with Crippen LogP contribution in [0.1, 0.15) is 59.8 Å². The molecular weight excluding hydrogens is 210 g/mol. The molecule has 1 aliphatic heterocycles. The molecular formula is C15H29NO. The van der Waals surface area contributed by atoms with Crippen molar-refractivity contribution in [2.24, 2.45) is 11.3 Å². The average Bonchev–Trinajstić information content (AvgIpc) is 2.13. The van der Waals surface area contributed by atoms with Crippen LogP contribution < -0.4 is 5.32 Å². The molecule has 0 amide bonds. The van der Waals surface area contributed by atoms with Gasteiger partial charge in [0.05, 0.1) is 12.2 Å². The molecule has 2 heteroatoms. The van der Waals surface area contributed by atoms with E-state index in [9.17, 15) is 0 Å². The summed E-state index contributed by atoms with van der Waals surface area (Å²) in [4.78, 5) is 0. The van der Waals surface area contributed by atoms with E-state index < -0.39 is 0 Å². The van der Waals surface area contributed by atoms with Gasteiger partial charge in [0.1, 0.15) is 0 Å². The van der Waals surface area contributed by atoms with Gasteiger partial charge in [-0.1, -0.05) is 20.8 Å². The number of ether oxygens (including phenoxy) is 1. The maximum atomic E-state index is 6.37. The fourth-order valence-corrected chi connectivity index (χ4v) is 3.84. The Morgan fingerprint density at radius 1 is 1.06 bits per heavy atom. The van der Waals surface area contributed by atoms with E-state index in [1.165, 1.54) is 32.1 Å². The summed E-state index contributed by atoms with van der Waals surface area (Å²) in [6.45, 7) is 10.6. The van der Waals surface area contributed by atoms with E-state index >= 15 is 0 Å². The number of rotatable bonds is 2. The van der Waals surface area contributed by atoms with Gasteiger partial charge in [0.15, 0.2) is 0 Å². The Labute approximate surface area is 107 Å². The molecule has 2 rings (SSSR count). The van der Waals surface area contributed by atoms with Gasteiger partial charge in [-0.05, 0) is 56.9 Å². The Balaban J connectivity index is 1.85. The lowest BCUT2D eigenvalue weighted by atomic mass is 9.71. The maximum Gasteiger partial charge on any atom is 0.0605 e. The Kier molecular flexibility index (Phi) is 4.14. The van der Waals surface area contributed by atoms with Crippen molar-refractivity contribution >= 4 is 0 Å². The van der Waals surface area contributed by atoms with E-state index in [0.717, 1.165) is 12.5 Å². The molecule has 0 aromatic carbocycles. The van der Waals surface area contributed by atoms with Crippen LogP contribution in [-0.4, -0.2) is 24.8 Å². The van der Waals surface area contributed by atoms with E-state index in [0.29, 0.717) is 23.7 Å². The first-order valence-electron chi connectivity index (χ1n) is 7.33. The molecule has 2 nitrogen and oxygen atoms in total. The quantitative estimate of drug-likeness (QED) is 0.798. The lowest BCUT2D eigenvalue weighted by Gasteiger charge is -2.41. The summed E-state index contributed by atoms with van der Waals surface area (Å²) in [5.41, 5.74) is 0.473. The second-order valence-electron chi connectivity index (χ2n) is 7.17. The minimum Gasteiger partial charge on any atom is -0.375 e. The number of piperidine rings is 1. The minimum absolute atomic E-state index is 0.473. The van der Waals surface area contributed by atoms with Gasteiger partial charge in [0, 0.05) is 6.04 Å². The Morgan fingerprint density at radius 2 is 1.82 bits per heavy atom. The van der Waals surface area contributed by atoms with Crippen LogP contribution in [0.2, 0.25) is 0 Å². The average molecular weight is 239 g/mol. The van der Waals surface area contributed by atoms with Crippen LogP contribution in [0.15, 0.2) is 0 Å². The zero-order valence-corrected chi connectivity index (χ0v) is 12.0. The topological polar surface area (TPSA) is 21.3 Å². The van der Waals surface area contributed by atoms with Crippen molar-refractivity contribution in [1.82, 2.24) is 5.32 Å². The molecule has 0 spiro atoms. The molecule has 17 heavy (non-hydrogen) atoms. The van der Waals surface area contributed by atoms with Crippen molar-refractivity contribution in [3.63, 3.8) is 0 Å². The van der Waals surface area contributed by atoms with Crippen molar-refractivity contribution in [2.45, 2.75) is 78.0 Å². The van der Waals surface area contributed by atoms with Crippen molar-refractivity contribution in [3.8, 4) is 0 Å². The molecule has 1 heterocycles. The molecule has 4 atom stereocenters. The first-order valence-corrected chi connectivity index (χ1v) is 7.33. The van der Waals surface area contributed by atoms with Gasteiger partial charge in [0.2, 0.25) is 0 Å². The molecule has 1 saturated carbocycles. The molecule has 4 unspecified atom stereocenters. The Hall–Kier alpha value is -0.0800. The van der Waals surface area contributed by atoms with E-state index in [1.54, 1.807) is 0 Å². The van der Waals surface area contributed by atoms with E-state index in [1.807, 2.05) is 0 Å². The van der Waals surface area contributed by atoms with Gasteiger partial charge in [-0.25, -0.2) is 0 Å². The van der Waals surface area contributed by atoms with E-state index in [4.69, 9.17) is 4.74 Å². The van der Waals surface area contributed by atoms with E-state index in [2.05, 4.69) is 33.0 Å². The van der Waals surface area contributed by atoms with Crippen LogP contribution in [0.4, 0.5) is 0 Å². The largest absolute Gasteiger partial charge is 0.375 e. The highest BCUT2D eigenvalue weighted by molar-refractivity contribution is 4.85. The van der Waals surface area contributed by atoms with Crippen molar-refractivity contribution < 1.29 is 4.74 Å². The molecule has 0 aromatic heterocycles. The predicted molar refractivity (Wildman–Crippen MR) is 72.2 cm³/mol. The zero-order chi connectivity index (χ0) is 12.5. The minimum atomic E-state index is 0.473. The fraction of sp³-hybridized carbons (Fsp3) is 1.00. The maximum absolute atomic E-state index is 6.37. The number of hydrogen-bond donors (Lipinski definition) is 1. The molecule has 2 fully saturated rings. The first-order chi connectivity index (χ1) is 7.94. The standard InChI is InChI=1S/C15H29NO/c1-11-7-14(10-15(3,4)9-11)17-13-5-6-16-12(2)8-13/h11-14,16H,5-10H2,1-4H3. The second-order valence-corrected chi connectivity index (χ2v) is 7.17. The van der Waals surface area contributed by atoms with Gasteiger partial charge in [-0.2, -0.15) is 0 Å². The Morgan fingerprint density at radius 3 is 2.47 bits per heavy atom. The van der Waals surface area contributed by atoms with Gasteiger partial charge < -0.3 is 10.1 Å². The van der Waals surface area contributed by atoms with Crippen molar-refractivity contribution in [3.05, 3.63) is 0 Å². The van der Waals surface area contributed by atoms with Gasteiger partial charge in [0.25, 0.3) is 0 Å². The monoisotopic (exact) mass is 239 g/mol. The van der Waals surface area contributed by atoms with Crippen LogP contribution in [0.3, 0.4) is 0 Å². The van der Waals surface area contributed by atoms with Crippen LogP contribution in [0, 0.1) is 11.3 Å². The highest BCUT2D eigenvalue weighted by Crippen LogP contribution is 2.40. The van der Waals surface area contributed by atoms with Crippen molar-refractivity contribution in [1.29, 1.82) is 0 Å². The summed E-state index contributed by atoms with van der Waals surface area (Å²) in [6.07, 6.45) is 7.25. The summed E-state index contributed by atoms with van der Waals surface area (Å²) >= 11 is 0. The molecule has 1 aliphatic carbocycles. The lowest BCUT2D eigenvalue weighted by molar-refractivity contribution is -0.0779. The fourth-order valence-electron chi connectivity index (χ4n) is 3.84. The molecule has 2 aliphatic rings. The zero-order valence-electron chi connectivity index (χ0n) is 12.0. The van der Waals surface area contributed by atoms with Crippen LogP contribution in [0.5, 0.6) is 0 Å². The summed E-state index contributed by atoms with van der Waals surface area (Å²) in [5.74, 6) is 0.822. The third-order valence-corrected chi connectivity index (χ3v) is 4.31. The summed E-state index contributed by atoms with van der Waals surface area (Å²) in [6, 6.07) is 0.628. The normalized spacial score (nSPS) is 42.4. The number of hydrogen-bond acceptors (Lipinski definition) is 2. The molecule has 0 bridgehead atoms. The summed E-state index contributed by atoms with van der Waals surface area (Å²) < 4.78 is 6.37. The van der Waals surface area contributed by atoms with E-state index in [-0.39, 0.29) is 0 Å². The first kappa shape index (κ1) is 13.4. The van der Waals surface area contributed by atoms with Crippen LogP contribution in [0.25, 0.3) is 0 Å².